The van der Waals surface area contributed by atoms with Crippen LogP contribution in [0.25, 0.3) is 11.0 Å². The van der Waals surface area contributed by atoms with Gasteiger partial charge in [0, 0.05) is 17.7 Å². The predicted molar refractivity (Wildman–Crippen MR) is 79.3 cm³/mol. The van der Waals surface area contributed by atoms with Crippen molar-refractivity contribution in [2.45, 2.75) is 33.3 Å². The SMILES string of the molecule is CC(C)CC(C)Oc1nc2sccn2c1C=CC(=O)O. The fourth-order valence-electron chi connectivity index (χ4n) is 2.07. The van der Waals surface area contributed by atoms with Gasteiger partial charge in [0.15, 0.2) is 4.96 Å². The Hall–Kier alpha value is -1.82. The van der Waals surface area contributed by atoms with Crippen LogP contribution in [0.3, 0.4) is 0 Å². The van der Waals surface area contributed by atoms with Crippen molar-refractivity contribution in [3.05, 3.63) is 23.3 Å². The number of aliphatic carboxylic acids is 1. The molecule has 5 nitrogen and oxygen atoms in total. The largest absolute Gasteiger partial charge is 0.478 e. The fraction of sp³-hybridized carbons (Fsp3) is 0.429. The lowest BCUT2D eigenvalue weighted by molar-refractivity contribution is -0.131. The third-order valence-electron chi connectivity index (χ3n) is 2.77. The Labute approximate surface area is 121 Å². The third-order valence-corrected chi connectivity index (χ3v) is 3.52. The number of hydrogen-bond donors (Lipinski definition) is 1. The Morgan fingerprint density at radius 3 is 2.95 bits per heavy atom. The summed E-state index contributed by atoms with van der Waals surface area (Å²) in [6, 6.07) is 0. The lowest BCUT2D eigenvalue weighted by Crippen LogP contribution is -2.15. The quantitative estimate of drug-likeness (QED) is 0.830. The monoisotopic (exact) mass is 294 g/mol. The number of nitrogens with zero attached hydrogens (tertiary/aromatic N) is 2. The molecule has 2 rings (SSSR count). The van der Waals surface area contributed by atoms with Gasteiger partial charge >= 0.3 is 5.97 Å². The molecule has 0 aliphatic carbocycles. The van der Waals surface area contributed by atoms with Crippen LogP contribution >= 0.6 is 11.3 Å². The maximum Gasteiger partial charge on any atom is 0.328 e. The minimum absolute atomic E-state index is 0.0385. The van der Waals surface area contributed by atoms with Crippen LogP contribution in [0.5, 0.6) is 5.88 Å². The molecule has 6 heteroatoms. The van der Waals surface area contributed by atoms with Crippen molar-refractivity contribution in [2.24, 2.45) is 5.92 Å². The summed E-state index contributed by atoms with van der Waals surface area (Å²) in [6.45, 7) is 6.27. The van der Waals surface area contributed by atoms with Gasteiger partial charge in [0.05, 0.1) is 6.10 Å². The van der Waals surface area contributed by atoms with E-state index in [0.29, 0.717) is 17.5 Å². The van der Waals surface area contributed by atoms with Crippen LogP contribution in [0.15, 0.2) is 17.7 Å². The number of ether oxygens (including phenoxy) is 1. The second-order valence-corrected chi connectivity index (χ2v) is 5.96. The van der Waals surface area contributed by atoms with E-state index < -0.39 is 5.97 Å². The zero-order valence-corrected chi connectivity index (χ0v) is 12.6. The van der Waals surface area contributed by atoms with E-state index in [1.165, 1.54) is 17.4 Å². The van der Waals surface area contributed by atoms with Crippen LogP contribution in [-0.2, 0) is 4.79 Å². The van der Waals surface area contributed by atoms with Gasteiger partial charge in [0.2, 0.25) is 5.88 Å². The van der Waals surface area contributed by atoms with Crippen molar-refractivity contribution in [3.63, 3.8) is 0 Å². The highest BCUT2D eigenvalue weighted by Crippen LogP contribution is 2.26. The number of rotatable bonds is 6. The van der Waals surface area contributed by atoms with Crippen LogP contribution in [0.4, 0.5) is 0 Å². The molecule has 1 N–H and O–H groups in total. The van der Waals surface area contributed by atoms with Gasteiger partial charge in [-0.25, -0.2) is 4.79 Å². The maximum absolute atomic E-state index is 10.7. The van der Waals surface area contributed by atoms with Crippen molar-refractivity contribution >= 4 is 28.3 Å². The van der Waals surface area contributed by atoms with E-state index in [1.54, 1.807) is 0 Å². The third kappa shape index (κ3) is 3.39. The van der Waals surface area contributed by atoms with Gasteiger partial charge in [0.25, 0.3) is 0 Å². The number of carboxylic acids is 1. The Morgan fingerprint density at radius 2 is 2.30 bits per heavy atom. The number of carbonyl (C=O) groups is 1. The molecule has 0 aliphatic rings. The standard InChI is InChI=1S/C14H18N2O3S/c1-9(2)8-10(3)19-13-11(4-5-12(17)18)16-6-7-20-14(16)15-13/h4-7,9-10H,8H2,1-3H3,(H,17,18). The average molecular weight is 294 g/mol. The molecule has 0 saturated heterocycles. The summed E-state index contributed by atoms with van der Waals surface area (Å²) < 4.78 is 7.70. The molecule has 108 valence electrons. The number of imidazole rings is 1. The molecule has 20 heavy (non-hydrogen) atoms. The zero-order chi connectivity index (χ0) is 14.7. The highest BCUT2D eigenvalue weighted by Gasteiger charge is 2.16. The maximum atomic E-state index is 10.7. The summed E-state index contributed by atoms with van der Waals surface area (Å²) in [5, 5.41) is 10.7. The first-order valence-electron chi connectivity index (χ1n) is 6.50. The minimum atomic E-state index is -0.989. The molecule has 1 atom stereocenters. The van der Waals surface area contributed by atoms with Crippen LogP contribution in [0, 0.1) is 5.92 Å². The predicted octanol–water partition coefficient (Wildman–Crippen LogP) is 3.31. The van der Waals surface area contributed by atoms with E-state index in [4.69, 9.17) is 9.84 Å². The summed E-state index contributed by atoms with van der Waals surface area (Å²) in [7, 11) is 0. The van der Waals surface area contributed by atoms with E-state index in [2.05, 4.69) is 18.8 Å². The Morgan fingerprint density at radius 1 is 1.55 bits per heavy atom. The Kier molecular flexibility index (Phi) is 4.44. The molecule has 0 bridgehead atoms. The molecule has 0 aromatic carbocycles. The number of hydrogen-bond acceptors (Lipinski definition) is 4. The summed E-state index contributed by atoms with van der Waals surface area (Å²) in [4.78, 5) is 15.9. The highest BCUT2D eigenvalue weighted by atomic mass is 32.1. The van der Waals surface area contributed by atoms with Crippen molar-refractivity contribution in [1.82, 2.24) is 9.38 Å². The average Bonchev–Trinajstić information content (AvgIpc) is 2.85. The second kappa shape index (κ2) is 6.09. The van der Waals surface area contributed by atoms with Gasteiger partial charge in [-0.3, -0.25) is 4.40 Å². The first-order chi connectivity index (χ1) is 9.47. The molecule has 2 heterocycles. The van der Waals surface area contributed by atoms with Crippen LogP contribution < -0.4 is 4.74 Å². The van der Waals surface area contributed by atoms with Crippen molar-refractivity contribution in [3.8, 4) is 5.88 Å². The van der Waals surface area contributed by atoms with Crippen molar-refractivity contribution in [1.29, 1.82) is 0 Å². The molecule has 0 aliphatic heterocycles. The fourth-order valence-corrected chi connectivity index (χ4v) is 2.79. The number of aromatic nitrogens is 2. The number of carboxylic acid groups (broad SMARTS) is 1. The van der Waals surface area contributed by atoms with E-state index in [-0.39, 0.29) is 6.10 Å². The molecule has 2 aromatic heterocycles. The second-order valence-electron chi connectivity index (χ2n) is 5.09. The van der Waals surface area contributed by atoms with Gasteiger partial charge in [-0.15, -0.1) is 11.3 Å². The van der Waals surface area contributed by atoms with Crippen molar-refractivity contribution in [2.75, 3.05) is 0 Å². The van der Waals surface area contributed by atoms with Gasteiger partial charge < -0.3 is 9.84 Å². The van der Waals surface area contributed by atoms with Crippen LogP contribution in [0.2, 0.25) is 0 Å². The first-order valence-corrected chi connectivity index (χ1v) is 7.38. The molecular weight excluding hydrogens is 276 g/mol. The normalized spacial score (nSPS) is 13.4. The molecule has 0 spiro atoms. The summed E-state index contributed by atoms with van der Waals surface area (Å²) in [6.07, 6.45) is 5.44. The van der Waals surface area contributed by atoms with Gasteiger partial charge in [-0.1, -0.05) is 13.8 Å². The smallest absolute Gasteiger partial charge is 0.328 e. The summed E-state index contributed by atoms with van der Waals surface area (Å²) >= 11 is 1.49. The Bertz CT molecular complexity index is 627. The zero-order valence-electron chi connectivity index (χ0n) is 11.7. The molecule has 0 radical (unpaired) electrons. The van der Waals surface area contributed by atoms with E-state index >= 15 is 0 Å². The van der Waals surface area contributed by atoms with Crippen LogP contribution in [-0.4, -0.2) is 26.6 Å². The molecule has 0 fully saturated rings. The van der Waals surface area contributed by atoms with E-state index in [9.17, 15) is 4.79 Å². The van der Waals surface area contributed by atoms with Gasteiger partial charge in [-0.2, -0.15) is 4.98 Å². The molecule has 0 amide bonds. The molecule has 1 unspecified atom stereocenters. The lowest BCUT2D eigenvalue weighted by atomic mass is 10.1. The highest BCUT2D eigenvalue weighted by molar-refractivity contribution is 7.15. The molecule has 0 saturated carbocycles. The number of thiazole rings is 1. The van der Waals surface area contributed by atoms with E-state index in [1.807, 2.05) is 22.9 Å². The van der Waals surface area contributed by atoms with Crippen molar-refractivity contribution < 1.29 is 14.6 Å². The Balaban J connectivity index is 2.29. The van der Waals surface area contributed by atoms with Gasteiger partial charge in [-0.05, 0) is 25.3 Å². The molecule has 2 aromatic rings. The lowest BCUT2D eigenvalue weighted by Gasteiger charge is -2.15. The minimum Gasteiger partial charge on any atom is -0.478 e. The number of fused-ring (bicyclic) bond motifs is 1. The van der Waals surface area contributed by atoms with Gasteiger partial charge in [0.1, 0.15) is 5.69 Å². The first kappa shape index (κ1) is 14.6. The topological polar surface area (TPSA) is 63.8 Å². The molecular formula is C14H18N2O3S. The van der Waals surface area contributed by atoms with Crippen LogP contribution in [0.1, 0.15) is 32.9 Å². The van der Waals surface area contributed by atoms with E-state index in [0.717, 1.165) is 17.5 Å². The summed E-state index contributed by atoms with van der Waals surface area (Å²) in [5.74, 6) is 0.0330. The summed E-state index contributed by atoms with van der Waals surface area (Å²) in [5.41, 5.74) is 0.666.